The van der Waals surface area contributed by atoms with Crippen molar-refractivity contribution in [1.82, 2.24) is 10.6 Å². The van der Waals surface area contributed by atoms with Crippen molar-refractivity contribution in [2.45, 2.75) is 39.0 Å². The van der Waals surface area contributed by atoms with Crippen LogP contribution in [-0.2, 0) is 9.59 Å². The van der Waals surface area contributed by atoms with Crippen LogP contribution in [0.2, 0.25) is 0 Å². The first-order chi connectivity index (χ1) is 8.63. The average Bonchev–Trinajstić information content (AvgIpc) is 2.86. The van der Waals surface area contributed by atoms with E-state index >= 15 is 0 Å². The molecule has 0 spiro atoms. The molecule has 1 fully saturated rings. The lowest BCUT2D eigenvalue weighted by Gasteiger charge is -2.12. The third kappa shape index (κ3) is 7.38. The third-order valence-electron chi connectivity index (χ3n) is 3.50. The fourth-order valence-corrected chi connectivity index (χ4v) is 2.22. The van der Waals surface area contributed by atoms with Crippen LogP contribution in [0, 0.1) is 11.8 Å². The molecule has 1 aliphatic carbocycles. The van der Waals surface area contributed by atoms with Crippen molar-refractivity contribution in [1.29, 1.82) is 0 Å². The zero-order chi connectivity index (χ0) is 13.4. The number of hydrogen-bond acceptors (Lipinski definition) is 3. The van der Waals surface area contributed by atoms with E-state index in [0.717, 1.165) is 0 Å². The summed E-state index contributed by atoms with van der Waals surface area (Å²) in [4.78, 5) is 23.0. The number of nitrogens with one attached hydrogen (secondary N) is 2. The molecule has 1 atom stereocenters. The molecule has 0 aromatic rings. The molecule has 1 aliphatic rings. The summed E-state index contributed by atoms with van der Waals surface area (Å²) in [6, 6.07) is 0. The van der Waals surface area contributed by atoms with E-state index in [-0.39, 0.29) is 30.1 Å². The van der Waals surface area contributed by atoms with E-state index in [1.54, 1.807) is 6.92 Å². The highest BCUT2D eigenvalue weighted by Crippen LogP contribution is 2.27. The molecule has 5 nitrogen and oxygen atoms in total. The normalized spacial score (nSPS) is 16.5. The topological polar surface area (TPSA) is 84.2 Å². The second-order valence-electron chi connectivity index (χ2n) is 5.13. The lowest BCUT2D eigenvalue weighted by molar-refractivity contribution is -0.125. The average molecular weight is 292 g/mol. The maximum absolute atomic E-state index is 11.6. The minimum Gasteiger partial charge on any atom is -0.354 e. The maximum Gasteiger partial charge on any atom is 0.224 e. The summed E-state index contributed by atoms with van der Waals surface area (Å²) in [5.74, 6) is 0.446. The third-order valence-corrected chi connectivity index (χ3v) is 3.50. The van der Waals surface area contributed by atoms with Crippen molar-refractivity contribution in [3.63, 3.8) is 0 Å². The SMILES string of the molecule is CC(CN)C(=O)NCCNC(=O)CC1CCCC1.Cl. The van der Waals surface area contributed by atoms with Gasteiger partial charge < -0.3 is 16.4 Å². The van der Waals surface area contributed by atoms with Crippen molar-refractivity contribution in [3.05, 3.63) is 0 Å². The van der Waals surface area contributed by atoms with E-state index in [2.05, 4.69) is 10.6 Å². The fraction of sp³-hybridized carbons (Fsp3) is 0.846. The van der Waals surface area contributed by atoms with Gasteiger partial charge in [0.15, 0.2) is 0 Å². The molecule has 0 saturated heterocycles. The van der Waals surface area contributed by atoms with Gasteiger partial charge in [-0.3, -0.25) is 9.59 Å². The molecular weight excluding hydrogens is 266 g/mol. The van der Waals surface area contributed by atoms with Crippen LogP contribution in [0.3, 0.4) is 0 Å². The second kappa shape index (κ2) is 10.0. The summed E-state index contributed by atoms with van der Waals surface area (Å²) in [7, 11) is 0. The predicted molar refractivity (Wildman–Crippen MR) is 78.1 cm³/mol. The largest absolute Gasteiger partial charge is 0.354 e. The number of amides is 2. The minimum absolute atomic E-state index is 0. The van der Waals surface area contributed by atoms with Gasteiger partial charge in [0.2, 0.25) is 11.8 Å². The van der Waals surface area contributed by atoms with Crippen molar-refractivity contribution in [2.75, 3.05) is 19.6 Å². The number of hydrogen-bond donors (Lipinski definition) is 3. The molecule has 1 saturated carbocycles. The zero-order valence-electron chi connectivity index (χ0n) is 11.6. The molecule has 0 aromatic heterocycles. The maximum atomic E-state index is 11.6. The summed E-state index contributed by atoms with van der Waals surface area (Å²) < 4.78 is 0. The summed E-state index contributed by atoms with van der Waals surface area (Å²) in [6.07, 6.45) is 5.50. The van der Waals surface area contributed by atoms with E-state index in [1.165, 1.54) is 25.7 Å². The number of carbonyl (C=O) groups is 2. The molecule has 19 heavy (non-hydrogen) atoms. The highest BCUT2D eigenvalue weighted by molar-refractivity contribution is 5.85. The molecule has 112 valence electrons. The Balaban J connectivity index is 0.00000324. The van der Waals surface area contributed by atoms with Gasteiger partial charge in [-0.2, -0.15) is 0 Å². The van der Waals surface area contributed by atoms with Gasteiger partial charge in [0, 0.05) is 32.0 Å². The van der Waals surface area contributed by atoms with Crippen molar-refractivity contribution in [3.8, 4) is 0 Å². The van der Waals surface area contributed by atoms with Crippen molar-refractivity contribution in [2.24, 2.45) is 17.6 Å². The molecule has 4 N–H and O–H groups in total. The molecule has 0 aliphatic heterocycles. The van der Waals surface area contributed by atoms with E-state index in [4.69, 9.17) is 5.73 Å². The summed E-state index contributed by atoms with van der Waals surface area (Å²) in [5.41, 5.74) is 5.39. The highest BCUT2D eigenvalue weighted by atomic mass is 35.5. The van der Waals surface area contributed by atoms with Crippen LogP contribution in [0.25, 0.3) is 0 Å². The molecule has 0 bridgehead atoms. The van der Waals surface area contributed by atoms with Gasteiger partial charge in [0.25, 0.3) is 0 Å². The lowest BCUT2D eigenvalue weighted by Crippen LogP contribution is -2.38. The molecule has 0 radical (unpaired) electrons. The van der Waals surface area contributed by atoms with Gasteiger partial charge in [-0.05, 0) is 18.8 Å². The molecule has 0 heterocycles. The van der Waals surface area contributed by atoms with Gasteiger partial charge in [0.1, 0.15) is 0 Å². The fourth-order valence-electron chi connectivity index (χ4n) is 2.22. The second-order valence-corrected chi connectivity index (χ2v) is 5.13. The Kier molecular flexibility index (Phi) is 9.61. The first-order valence-corrected chi connectivity index (χ1v) is 6.88. The minimum atomic E-state index is -0.167. The molecular formula is C13H26ClN3O2. The first kappa shape index (κ1) is 18.2. The van der Waals surface area contributed by atoms with Crippen LogP contribution < -0.4 is 16.4 Å². The Morgan fingerprint density at radius 2 is 1.79 bits per heavy atom. The smallest absolute Gasteiger partial charge is 0.224 e. The van der Waals surface area contributed by atoms with E-state index < -0.39 is 0 Å². The summed E-state index contributed by atoms with van der Waals surface area (Å²) in [5, 5.41) is 5.59. The van der Waals surface area contributed by atoms with Gasteiger partial charge in [-0.15, -0.1) is 12.4 Å². The Labute approximate surface area is 121 Å². The van der Waals surface area contributed by atoms with Gasteiger partial charge in [-0.25, -0.2) is 0 Å². The van der Waals surface area contributed by atoms with Crippen LogP contribution >= 0.6 is 12.4 Å². The van der Waals surface area contributed by atoms with Crippen LogP contribution in [0.1, 0.15) is 39.0 Å². The lowest BCUT2D eigenvalue weighted by atomic mass is 10.0. The first-order valence-electron chi connectivity index (χ1n) is 6.88. The van der Waals surface area contributed by atoms with Gasteiger partial charge in [0.05, 0.1) is 0 Å². The zero-order valence-corrected chi connectivity index (χ0v) is 12.4. The number of carbonyl (C=O) groups excluding carboxylic acids is 2. The summed E-state index contributed by atoms with van der Waals surface area (Å²) >= 11 is 0. The molecule has 0 aromatic carbocycles. The van der Waals surface area contributed by atoms with Crippen molar-refractivity contribution < 1.29 is 9.59 Å². The number of halogens is 1. The Morgan fingerprint density at radius 3 is 2.37 bits per heavy atom. The van der Waals surface area contributed by atoms with Gasteiger partial charge in [-0.1, -0.05) is 19.8 Å². The van der Waals surface area contributed by atoms with Crippen LogP contribution in [0.4, 0.5) is 0 Å². The standard InChI is InChI=1S/C13H25N3O2.ClH/c1-10(9-14)13(18)16-7-6-15-12(17)8-11-4-2-3-5-11;/h10-11H,2-9,14H2,1H3,(H,15,17)(H,16,18);1H. The van der Waals surface area contributed by atoms with E-state index in [9.17, 15) is 9.59 Å². The van der Waals surface area contributed by atoms with Gasteiger partial charge >= 0.3 is 0 Å². The predicted octanol–water partition coefficient (Wildman–Crippen LogP) is 0.816. The highest BCUT2D eigenvalue weighted by Gasteiger charge is 2.18. The Morgan fingerprint density at radius 1 is 1.21 bits per heavy atom. The molecule has 1 rings (SSSR count). The Bertz CT molecular complexity index is 281. The summed E-state index contributed by atoms with van der Waals surface area (Å²) in [6.45, 7) is 3.10. The number of nitrogens with two attached hydrogens (primary N) is 1. The van der Waals surface area contributed by atoms with Crippen LogP contribution in [0.5, 0.6) is 0 Å². The van der Waals surface area contributed by atoms with Crippen LogP contribution in [0.15, 0.2) is 0 Å². The molecule has 6 heteroatoms. The monoisotopic (exact) mass is 291 g/mol. The van der Waals surface area contributed by atoms with Crippen LogP contribution in [-0.4, -0.2) is 31.4 Å². The van der Waals surface area contributed by atoms with Crippen molar-refractivity contribution >= 4 is 24.2 Å². The molecule has 1 unspecified atom stereocenters. The number of rotatable bonds is 7. The van der Waals surface area contributed by atoms with E-state index in [1.807, 2.05) is 0 Å². The Hall–Kier alpha value is -0.810. The molecule has 2 amide bonds. The quantitative estimate of drug-likeness (QED) is 0.607. The van der Waals surface area contributed by atoms with E-state index in [0.29, 0.717) is 32.0 Å².